The van der Waals surface area contributed by atoms with Crippen LogP contribution >= 0.6 is 12.6 Å². The second-order valence-electron chi connectivity index (χ2n) is 2.13. The Labute approximate surface area is 52.5 Å². The molecule has 2 atom stereocenters. The van der Waals surface area contributed by atoms with Gasteiger partial charge in [-0.1, -0.05) is 20.2 Å². The molecule has 0 aromatic rings. The maximum Gasteiger partial charge on any atom is 0.101 e. The standard InChI is InChI=1S/C5H13BS/c1-4(3-6)5(2)7/h4-5,7H,3,6H2,1-2H3. The molecule has 2 unspecified atom stereocenters. The van der Waals surface area contributed by atoms with Crippen molar-refractivity contribution in [2.45, 2.75) is 25.4 Å². The lowest BCUT2D eigenvalue weighted by Gasteiger charge is -2.09. The van der Waals surface area contributed by atoms with Gasteiger partial charge < -0.3 is 0 Å². The molecule has 0 radical (unpaired) electrons. The van der Waals surface area contributed by atoms with Crippen LogP contribution in [0.15, 0.2) is 0 Å². The van der Waals surface area contributed by atoms with Crippen LogP contribution in [0, 0.1) is 5.92 Å². The van der Waals surface area contributed by atoms with E-state index in [-0.39, 0.29) is 0 Å². The summed E-state index contributed by atoms with van der Waals surface area (Å²) in [7, 11) is 2.19. The summed E-state index contributed by atoms with van der Waals surface area (Å²) < 4.78 is 0. The van der Waals surface area contributed by atoms with Crippen LogP contribution in [-0.4, -0.2) is 13.1 Å². The zero-order valence-corrected chi connectivity index (χ0v) is 6.20. The first-order valence-corrected chi connectivity index (χ1v) is 3.38. The Morgan fingerprint density at radius 3 is 2.00 bits per heavy atom. The van der Waals surface area contributed by atoms with E-state index >= 15 is 0 Å². The monoisotopic (exact) mass is 116 g/mol. The van der Waals surface area contributed by atoms with Crippen molar-refractivity contribution >= 4 is 20.5 Å². The zero-order valence-electron chi connectivity index (χ0n) is 5.31. The summed E-state index contributed by atoms with van der Waals surface area (Å²) in [5.74, 6) is 0.767. The first kappa shape index (κ1) is 7.41. The molecule has 0 rings (SSSR count). The van der Waals surface area contributed by atoms with Crippen molar-refractivity contribution in [2.75, 3.05) is 0 Å². The highest BCUT2D eigenvalue weighted by Crippen LogP contribution is 2.10. The van der Waals surface area contributed by atoms with Crippen molar-refractivity contribution in [2.24, 2.45) is 5.92 Å². The number of rotatable bonds is 2. The summed E-state index contributed by atoms with van der Waals surface area (Å²) in [6.45, 7) is 4.36. The minimum atomic E-state index is 0.560. The smallest absolute Gasteiger partial charge is 0.101 e. The summed E-state index contributed by atoms with van der Waals surface area (Å²) in [5, 5.41) is 0.560. The van der Waals surface area contributed by atoms with Gasteiger partial charge in [-0.05, 0) is 5.92 Å². The summed E-state index contributed by atoms with van der Waals surface area (Å²) in [6, 6.07) is 0. The van der Waals surface area contributed by atoms with Gasteiger partial charge in [0.25, 0.3) is 0 Å². The molecule has 7 heavy (non-hydrogen) atoms. The van der Waals surface area contributed by atoms with Crippen molar-refractivity contribution in [3.63, 3.8) is 0 Å². The lowest BCUT2D eigenvalue weighted by atomic mass is 9.91. The third-order valence-electron chi connectivity index (χ3n) is 1.47. The van der Waals surface area contributed by atoms with Crippen LogP contribution in [0.4, 0.5) is 0 Å². The summed E-state index contributed by atoms with van der Waals surface area (Å²) in [5.41, 5.74) is 0. The zero-order chi connectivity index (χ0) is 5.86. The largest absolute Gasteiger partial charge is 0.176 e. The average Bonchev–Trinajstić information content (AvgIpc) is 1.65. The first-order valence-electron chi connectivity index (χ1n) is 2.86. The molecule has 0 N–H and O–H groups in total. The molecule has 0 aromatic carbocycles. The van der Waals surface area contributed by atoms with Crippen molar-refractivity contribution in [1.29, 1.82) is 0 Å². The van der Waals surface area contributed by atoms with Crippen LogP contribution < -0.4 is 0 Å². The van der Waals surface area contributed by atoms with E-state index in [1.54, 1.807) is 0 Å². The van der Waals surface area contributed by atoms with E-state index in [0.717, 1.165) is 5.92 Å². The predicted molar refractivity (Wildman–Crippen MR) is 41.0 cm³/mol. The Morgan fingerprint density at radius 2 is 2.00 bits per heavy atom. The second-order valence-corrected chi connectivity index (χ2v) is 2.94. The fourth-order valence-electron chi connectivity index (χ4n) is 0.341. The normalized spacial score (nSPS) is 18.7. The summed E-state index contributed by atoms with van der Waals surface area (Å²) in [6.07, 6.45) is 1.24. The van der Waals surface area contributed by atoms with Crippen molar-refractivity contribution in [3.8, 4) is 0 Å². The lowest BCUT2D eigenvalue weighted by Crippen LogP contribution is -2.04. The van der Waals surface area contributed by atoms with Crippen LogP contribution in [0.3, 0.4) is 0 Å². The highest BCUT2D eigenvalue weighted by molar-refractivity contribution is 7.80. The Balaban J connectivity index is 3.14. The van der Waals surface area contributed by atoms with Gasteiger partial charge in [-0.2, -0.15) is 12.6 Å². The van der Waals surface area contributed by atoms with E-state index in [0.29, 0.717) is 5.25 Å². The summed E-state index contributed by atoms with van der Waals surface area (Å²) >= 11 is 4.27. The van der Waals surface area contributed by atoms with Crippen molar-refractivity contribution in [1.82, 2.24) is 0 Å². The first-order chi connectivity index (χ1) is 3.18. The van der Waals surface area contributed by atoms with Crippen LogP contribution in [0.1, 0.15) is 13.8 Å². The molecule has 0 aliphatic rings. The molecule has 0 bridgehead atoms. The van der Waals surface area contributed by atoms with Gasteiger partial charge >= 0.3 is 0 Å². The lowest BCUT2D eigenvalue weighted by molar-refractivity contribution is 0.645. The van der Waals surface area contributed by atoms with Gasteiger partial charge in [-0.25, -0.2) is 0 Å². The maximum absolute atomic E-state index is 4.27. The molecule has 0 nitrogen and oxygen atoms in total. The van der Waals surface area contributed by atoms with E-state index in [1.165, 1.54) is 6.32 Å². The minimum Gasteiger partial charge on any atom is -0.176 e. The van der Waals surface area contributed by atoms with Gasteiger partial charge in [0.2, 0.25) is 0 Å². The molecular formula is C5H13BS. The van der Waals surface area contributed by atoms with Gasteiger partial charge in [0.05, 0.1) is 0 Å². The summed E-state index contributed by atoms with van der Waals surface area (Å²) in [4.78, 5) is 0. The maximum atomic E-state index is 4.27. The van der Waals surface area contributed by atoms with Crippen LogP contribution in [0.25, 0.3) is 0 Å². The number of thiol groups is 1. The molecule has 0 aromatic heterocycles. The van der Waals surface area contributed by atoms with E-state index in [1.807, 2.05) is 0 Å². The van der Waals surface area contributed by atoms with Crippen LogP contribution in [0.2, 0.25) is 6.32 Å². The Bertz CT molecular complexity index is 45.3. The quantitative estimate of drug-likeness (QED) is 0.403. The van der Waals surface area contributed by atoms with Crippen molar-refractivity contribution in [3.05, 3.63) is 0 Å². The SMILES string of the molecule is BCC(C)C(C)S. The van der Waals surface area contributed by atoms with Gasteiger partial charge in [-0.3, -0.25) is 0 Å². The second kappa shape index (κ2) is 3.42. The van der Waals surface area contributed by atoms with E-state index in [9.17, 15) is 0 Å². The third kappa shape index (κ3) is 3.04. The predicted octanol–water partition coefficient (Wildman–Crippen LogP) is 0.992. The highest BCUT2D eigenvalue weighted by Gasteiger charge is 2.02. The van der Waals surface area contributed by atoms with Gasteiger partial charge in [-0.15, -0.1) is 0 Å². The molecule has 0 saturated heterocycles. The third-order valence-corrected chi connectivity index (χ3v) is 1.98. The number of hydrogen-bond donors (Lipinski definition) is 1. The Hall–Kier alpha value is 0.415. The number of hydrogen-bond acceptors (Lipinski definition) is 1. The van der Waals surface area contributed by atoms with Crippen LogP contribution in [0.5, 0.6) is 0 Å². The Morgan fingerprint density at radius 1 is 1.57 bits per heavy atom. The molecule has 0 spiro atoms. The molecular weight excluding hydrogens is 103 g/mol. The molecule has 0 saturated carbocycles. The molecule has 0 amide bonds. The molecule has 0 aliphatic heterocycles. The van der Waals surface area contributed by atoms with Crippen LogP contribution in [-0.2, 0) is 0 Å². The topological polar surface area (TPSA) is 0 Å². The van der Waals surface area contributed by atoms with Crippen molar-refractivity contribution < 1.29 is 0 Å². The van der Waals surface area contributed by atoms with Gasteiger partial charge in [0, 0.05) is 5.25 Å². The van der Waals surface area contributed by atoms with Gasteiger partial charge in [0.15, 0.2) is 0 Å². The fourth-order valence-corrected chi connectivity index (χ4v) is 0.552. The molecule has 0 aliphatic carbocycles. The van der Waals surface area contributed by atoms with E-state index in [2.05, 4.69) is 34.3 Å². The molecule has 0 fully saturated rings. The average molecular weight is 116 g/mol. The highest BCUT2D eigenvalue weighted by atomic mass is 32.1. The molecule has 0 heterocycles. The fraction of sp³-hybridized carbons (Fsp3) is 1.00. The van der Waals surface area contributed by atoms with E-state index in [4.69, 9.17) is 0 Å². The Kier molecular flexibility index (Phi) is 3.62. The van der Waals surface area contributed by atoms with Gasteiger partial charge in [0.1, 0.15) is 7.85 Å². The van der Waals surface area contributed by atoms with E-state index < -0.39 is 0 Å². The minimum absolute atomic E-state index is 0.560. The molecule has 42 valence electrons. The molecule has 2 heteroatoms.